The molecule has 1 amide bonds. The summed E-state index contributed by atoms with van der Waals surface area (Å²) in [6, 6.07) is 0. The van der Waals surface area contributed by atoms with Gasteiger partial charge in [-0.25, -0.2) is 4.79 Å². The molecular formula is C12H21NO5. The van der Waals surface area contributed by atoms with Crippen molar-refractivity contribution in [2.75, 3.05) is 27.3 Å². The molecule has 1 heterocycles. The van der Waals surface area contributed by atoms with E-state index in [-0.39, 0.29) is 18.6 Å². The fourth-order valence-electron chi connectivity index (χ4n) is 1.87. The van der Waals surface area contributed by atoms with Gasteiger partial charge in [0.15, 0.2) is 0 Å². The molecule has 2 atom stereocenters. The Labute approximate surface area is 107 Å². The first-order chi connectivity index (χ1) is 8.28. The van der Waals surface area contributed by atoms with Crippen molar-refractivity contribution in [1.82, 2.24) is 4.90 Å². The quantitative estimate of drug-likeness (QED) is 0.693. The van der Waals surface area contributed by atoms with Crippen LogP contribution in [0, 0.1) is 5.92 Å². The van der Waals surface area contributed by atoms with E-state index in [0.717, 1.165) is 0 Å². The number of methoxy groups -OCH3 is 2. The van der Waals surface area contributed by atoms with Crippen LogP contribution in [0.1, 0.15) is 20.8 Å². The van der Waals surface area contributed by atoms with Crippen LogP contribution < -0.4 is 0 Å². The standard InChI is InChI=1S/C12H21NO5/c1-12(2,3)18-11(15)13-6-8(10(14)17-5)9(7-13)16-4/h8-9H,6-7H2,1-5H3/t8?,9-/m0/s1. The first kappa shape index (κ1) is 14.8. The molecule has 1 aliphatic heterocycles. The summed E-state index contributed by atoms with van der Waals surface area (Å²) in [5, 5.41) is 0. The van der Waals surface area contributed by atoms with Gasteiger partial charge in [0.2, 0.25) is 0 Å². The predicted octanol–water partition coefficient (Wildman–Crippen LogP) is 1.04. The lowest BCUT2D eigenvalue weighted by atomic mass is 10.1. The summed E-state index contributed by atoms with van der Waals surface area (Å²) in [6.45, 7) is 6.00. The van der Waals surface area contributed by atoms with E-state index in [0.29, 0.717) is 6.54 Å². The zero-order valence-electron chi connectivity index (χ0n) is 11.6. The minimum absolute atomic E-state index is 0.264. The van der Waals surface area contributed by atoms with Crippen molar-refractivity contribution in [1.29, 1.82) is 0 Å². The Hall–Kier alpha value is -1.30. The highest BCUT2D eigenvalue weighted by molar-refractivity contribution is 5.76. The molecule has 18 heavy (non-hydrogen) atoms. The number of rotatable bonds is 2. The Morgan fingerprint density at radius 1 is 1.17 bits per heavy atom. The van der Waals surface area contributed by atoms with Crippen LogP contribution in [0.3, 0.4) is 0 Å². The third-order valence-corrected chi connectivity index (χ3v) is 2.72. The number of likely N-dealkylation sites (tertiary alicyclic amines) is 1. The Kier molecular flexibility index (Phi) is 4.56. The summed E-state index contributed by atoms with van der Waals surface area (Å²) in [5.74, 6) is -0.819. The van der Waals surface area contributed by atoms with Gasteiger partial charge in [-0.05, 0) is 20.8 Å². The Morgan fingerprint density at radius 3 is 2.22 bits per heavy atom. The zero-order valence-corrected chi connectivity index (χ0v) is 11.6. The number of esters is 1. The molecule has 0 bridgehead atoms. The molecule has 1 rings (SSSR count). The van der Waals surface area contributed by atoms with Gasteiger partial charge < -0.3 is 19.1 Å². The van der Waals surface area contributed by atoms with Crippen molar-refractivity contribution in [2.45, 2.75) is 32.5 Å². The highest BCUT2D eigenvalue weighted by Gasteiger charge is 2.41. The van der Waals surface area contributed by atoms with E-state index in [4.69, 9.17) is 14.2 Å². The normalized spacial score (nSPS) is 23.9. The van der Waals surface area contributed by atoms with Crippen LogP contribution >= 0.6 is 0 Å². The summed E-state index contributed by atoms with van der Waals surface area (Å²) in [6.07, 6.45) is -0.777. The average Bonchev–Trinajstić information content (AvgIpc) is 2.69. The van der Waals surface area contributed by atoms with E-state index in [9.17, 15) is 9.59 Å². The molecule has 1 saturated heterocycles. The fraction of sp³-hybridized carbons (Fsp3) is 0.833. The number of ether oxygens (including phenoxy) is 3. The van der Waals surface area contributed by atoms with E-state index in [1.165, 1.54) is 19.1 Å². The van der Waals surface area contributed by atoms with E-state index in [1.54, 1.807) is 20.8 Å². The monoisotopic (exact) mass is 259 g/mol. The van der Waals surface area contributed by atoms with E-state index in [1.807, 2.05) is 0 Å². The highest BCUT2D eigenvalue weighted by Crippen LogP contribution is 2.22. The van der Waals surface area contributed by atoms with Gasteiger partial charge in [0.05, 0.1) is 19.8 Å². The van der Waals surface area contributed by atoms with Crippen molar-refractivity contribution < 1.29 is 23.8 Å². The van der Waals surface area contributed by atoms with E-state index < -0.39 is 17.6 Å². The van der Waals surface area contributed by atoms with E-state index >= 15 is 0 Å². The lowest BCUT2D eigenvalue weighted by molar-refractivity contribution is -0.148. The van der Waals surface area contributed by atoms with Gasteiger partial charge in [-0.1, -0.05) is 0 Å². The van der Waals surface area contributed by atoms with Crippen LogP contribution in [0.15, 0.2) is 0 Å². The van der Waals surface area contributed by atoms with Gasteiger partial charge in [-0.3, -0.25) is 4.79 Å². The third kappa shape index (κ3) is 3.60. The number of carbonyl (C=O) groups excluding carboxylic acids is 2. The molecule has 0 saturated carbocycles. The summed E-state index contributed by atoms with van der Waals surface area (Å²) < 4.78 is 15.2. The van der Waals surface area contributed by atoms with Crippen molar-refractivity contribution >= 4 is 12.1 Å². The average molecular weight is 259 g/mol. The Bertz CT molecular complexity index is 323. The summed E-state index contributed by atoms with van der Waals surface area (Å²) in [5.41, 5.74) is -0.553. The van der Waals surface area contributed by atoms with Gasteiger partial charge in [0.25, 0.3) is 0 Å². The maximum Gasteiger partial charge on any atom is 0.410 e. The van der Waals surface area contributed by atoms with Crippen LogP contribution in [-0.2, 0) is 19.0 Å². The molecule has 0 aliphatic carbocycles. The van der Waals surface area contributed by atoms with Gasteiger partial charge in [-0.15, -0.1) is 0 Å². The molecule has 0 aromatic heterocycles. The summed E-state index contributed by atoms with van der Waals surface area (Å²) >= 11 is 0. The second-order valence-electron chi connectivity index (χ2n) is 5.29. The van der Waals surface area contributed by atoms with E-state index in [2.05, 4.69) is 0 Å². The fourth-order valence-corrected chi connectivity index (χ4v) is 1.87. The molecule has 1 unspecified atom stereocenters. The van der Waals surface area contributed by atoms with Crippen LogP contribution in [0.25, 0.3) is 0 Å². The van der Waals surface area contributed by atoms with Crippen molar-refractivity contribution in [2.24, 2.45) is 5.92 Å². The molecule has 0 aromatic carbocycles. The van der Waals surface area contributed by atoms with Gasteiger partial charge in [-0.2, -0.15) is 0 Å². The van der Waals surface area contributed by atoms with Crippen molar-refractivity contribution in [3.63, 3.8) is 0 Å². The maximum absolute atomic E-state index is 11.9. The molecular weight excluding hydrogens is 238 g/mol. The molecule has 6 heteroatoms. The minimum Gasteiger partial charge on any atom is -0.469 e. The first-order valence-corrected chi connectivity index (χ1v) is 5.87. The maximum atomic E-state index is 11.9. The largest absolute Gasteiger partial charge is 0.469 e. The molecule has 104 valence electrons. The second-order valence-corrected chi connectivity index (χ2v) is 5.29. The molecule has 0 radical (unpaired) electrons. The van der Waals surface area contributed by atoms with Gasteiger partial charge >= 0.3 is 12.1 Å². The van der Waals surface area contributed by atoms with Crippen LogP contribution in [-0.4, -0.2) is 56.0 Å². The number of hydrogen-bond donors (Lipinski definition) is 0. The molecule has 0 aromatic rings. The first-order valence-electron chi connectivity index (χ1n) is 5.87. The van der Waals surface area contributed by atoms with Gasteiger partial charge in [0, 0.05) is 13.7 Å². The SMILES string of the molecule is COC(=O)C1CN(C(=O)OC(C)(C)C)C[C@@H]1OC. The number of nitrogens with zero attached hydrogens (tertiary/aromatic N) is 1. The van der Waals surface area contributed by atoms with Crippen molar-refractivity contribution in [3.05, 3.63) is 0 Å². The topological polar surface area (TPSA) is 65.1 Å². The van der Waals surface area contributed by atoms with Crippen LogP contribution in [0.4, 0.5) is 4.79 Å². The molecule has 1 fully saturated rings. The molecule has 1 aliphatic rings. The van der Waals surface area contributed by atoms with Crippen LogP contribution in [0.5, 0.6) is 0 Å². The summed E-state index contributed by atoms with van der Waals surface area (Å²) in [7, 11) is 2.84. The lowest BCUT2D eigenvalue weighted by Gasteiger charge is -2.24. The molecule has 0 N–H and O–H groups in total. The Balaban J connectivity index is 2.66. The third-order valence-electron chi connectivity index (χ3n) is 2.72. The highest BCUT2D eigenvalue weighted by atomic mass is 16.6. The number of hydrogen-bond acceptors (Lipinski definition) is 5. The lowest BCUT2D eigenvalue weighted by Crippen LogP contribution is -2.36. The predicted molar refractivity (Wildman–Crippen MR) is 64.1 cm³/mol. The Morgan fingerprint density at radius 2 is 1.78 bits per heavy atom. The smallest absolute Gasteiger partial charge is 0.410 e. The van der Waals surface area contributed by atoms with Crippen LogP contribution in [0.2, 0.25) is 0 Å². The zero-order chi connectivity index (χ0) is 13.9. The number of amides is 1. The minimum atomic E-state index is -0.553. The molecule has 0 spiro atoms. The second kappa shape index (κ2) is 5.56. The summed E-state index contributed by atoms with van der Waals surface area (Å²) in [4.78, 5) is 24.9. The molecule has 6 nitrogen and oxygen atoms in total. The van der Waals surface area contributed by atoms with Gasteiger partial charge in [0.1, 0.15) is 11.5 Å². The van der Waals surface area contributed by atoms with Crippen molar-refractivity contribution in [3.8, 4) is 0 Å². The number of carbonyl (C=O) groups is 2.